The first-order valence-electron chi connectivity index (χ1n) is 5.82. The summed E-state index contributed by atoms with van der Waals surface area (Å²) >= 11 is 9.58. The second kappa shape index (κ2) is 6.40. The van der Waals surface area contributed by atoms with E-state index in [-0.39, 0.29) is 10.6 Å². The van der Waals surface area contributed by atoms with Crippen LogP contribution in [0.4, 0.5) is 4.39 Å². The maximum absolute atomic E-state index is 13.6. The summed E-state index contributed by atoms with van der Waals surface area (Å²) in [7, 11) is 1.61. The molecule has 4 heteroatoms. The zero-order valence-electron chi connectivity index (χ0n) is 10.4. The van der Waals surface area contributed by atoms with Crippen LogP contribution in [0.3, 0.4) is 0 Å². The summed E-state index contributed by atoms with van der Waals surface area (Å²) in [5.74, 6) is 0.538. The van der Waals surface area contributed by atoms with Gasteiger partial charge in [0, 0.05) is 15.4 Å². The van der Waals surface area contributed by atoms with Crippen LogP contribution in [0.15, 0.2) is 42.5 Å². The lowest BCUT2D eigenvalue weighted by atomic mass is 10.0. The lowest BCUT2D eigenvalue weighted by molar-refractivity contribution is 0.409. The van der Waals surface area contributed by atoms with E-state index in [0.717, 1.165) is 11.3 Å². The molecule has 100 valence electrons. The third-order valence-electron chi connectivity index (χ3n) is 2.89. The zero-order chi connectivity index (χ0) is 13.8. The summed E-state index contributed by atoms with van der Waals surface area (Å²) < 4.78 is 19.0. The van der Waals surface area contributed by atoms with Gasteiger partial charge in [-0.2, -0.15) is 0 Å². The van der Waals surface area contributed by atoms with E-state index in [1.165, 1.54) is 6.07 Å². The Bertz CT molecular complexity index is 574. The van der Waals surface area contributed by atoms with Gasteiger partial charge in [0.25, 0.3) is 0 Å². The summed E-state index contributed by atoms with van der Waals surface area (Å²) in [5, 5.41) is 0.633. The van der Waals surface area contributed by atoms with E-state index in [9.17, 15) is 4.39 Å². The fourth-order valence-electron chi connectivity index (χ4n) is 1.92. The Labute approximate surface area is 125 Å². The van der Waals surface area contributed by atoms with Crippen LogP contribution in [-0.4, -0.2) is 7.11 Å². The van der Waals surface area contributed by atoms with Gasteiger partial charge in [0.2, 0.25) is 0 Å². The van der Waals surface area contributed by atoms with Crippen LogP contribution in [0.1, 0.15) is 16.0 Å². The summed E-state index contributed by atoms with van der Waals surface area (Å²) in [6.45, 7) is 0. The van der Waals surface area contributed by atoms with E-state index in [2.05, 4.69) is 15.9 Å². The molecule has 1 atom stereocenters. The van der Waals surface area contributed by atoms with Gasteiger partial charge in [-0.05, 0) is 36.2 Å². The Morgan fingerprint density at radius 2 is 2.00 bits per heavy atom. The van der Waals surface area contributed by atoms with Crippen LogP contribution in [0.2, 0.25) is 5.02 Å². The summed E-state index contributed by atoms with van der Waals surface area (Å²) in [4.78, 5) is -0.0574. The standard InChI is InChI=1S/C15H13BrClFO/c1-19-15-7-6-11(17)9-12(15)13(16)8-10-4-2-3-5-14(10)18/h2-7,9,13H,8H2,1H3. The van der Waals surface area contributed by atoms with E-state index in [0.29, 0.717) is 17.0 Å². The van der Waals surface area contributed by atoms with E-state index in [1.54, 1.807) is 25.3 Å². The van der Waals surface area contributed by atoms with Crippen molar-refractivity contribution in [1.82, 2.24) is 0 Å². The molecule has 0 fully saturated rings. The Kier molecular flexibility index (Phi) is 4.83. The number of methoxy groups -OCH3 is 1. The average Bonchev–Trinajstić information content (AvgIpc) is 2.41. The number of halogens is 3. The Morgan fingerprint density at radius 3 is 2.68 bits per heavy atom. The molecule has 1 unspecified atom stereocenters. The second-order valence-corrected chi connectivity index (χ2v) is 5.69. The fourth-order valence-corrected chi connectivity index (χ4v) is 2.80. The molecule has 2 aromatic rings. The molecule has 0 aromatic heterocycles. The lowest BCUT2D eigenvalue weighted by Gasteiger charge is -2.15. The molecule has 1 nitrogen and oxygen atoms in total. The summed E-state index contributed by atoms with van der Waals surface area (Å²) in [6, 6.07) is 12.2. The smallest absolute Gasteiger partial charge is 0.126 e. The first kappa shape index (κ1) is 14.4. The molecule has 0 N–H and O–H groups in total. The second-order valence-electron chi connectivity index (χ2n) is 4.15. The van der Waals surface area contributed by atoms with E-state index < -0.39 is 0 Å². The molecular formula is C15H13BrClFO. The summed E-state index contributed by atoms with van der Waals surface area (Å²) in [6.07, 6.45) is 0.531. The number of alkyl halides is 1. The molecule has 0 heterocycles. The first-order chi connectivity index (χ1) is 9.11. The van der Waals surface area contributed by atoms with E-state index >= 15 is 0 Å². The highest BCUT2D eigenvalue weighted by atomic mass is 79.9. The number of rotatable bonds is 4. The normalized spacial score (nSPS) is 12.2. The van der Waals surface area contributed by atoms with Gasteiger partial charge in [0.1, 0.15) is 11.6 Å². The van der Waals surface area contributed by atoms with Gasteiger partial charge >= 0.3 is 0 Å². The van der Waals surface area contributed by atoms with Crippen molar-refractivity contribution in [3.8, 4) is 5.75 Å². The number of ether oxygens (including phenoxy) is 1. The number of benzene rings is 2. The topological polar surface area (TPSA) is 9.23 Å². The Balaban J connectivity index is 2.27. The predicted molar refractivity (Wildman–Crippen MR) is 79.8 cm³/mol. The molecule has 0 aliphatic rings. The van der Waals surface area contributed by atoms with Crippen molar-refractivity contribution in [1.29, 1.82) is 0 Å². The van der Waals surface area contributed by atoms with Crippen molar-refractivity contribution < 1.29 is 9.13 Å². The van der Waals surface area contributed by atoms with Crippen LogP contribution < -0.4 is 4.74 Å². The minimum Gasteiger partial charge on any atom is -0.496 e. The quantitative estimate of drug-likeness (QED) is 0.696. The molecule has 0 saturated carbocycles. The third-order valence-corrected chi connectivity index (χ3v) is 3.94. The van der Waals surface area contributed by atoms with Gasteiger partial charge in [-0.15, -0.1) is 0 Å². The van der Waals surface area contributed by atoms with Crippen molar-refractivity contribution in [2.45, 2.75) is 11.2 Å². The minimum absolute atomic E-state index is 0.0574. The third kappa shape index (κ3) is 3.48. The van der Waals surface area contributed by atoms with E-state index in [1.807, 2.05) is 18.2 Å². The van der Waals surface area contributed by atoms with Crippen molar-refractivity contribution in [2.24, 2.45) is 0 Å². The van der Waals surface area contributed by atoms with Gasteiger partial charge in [-0.1, -0.05) is 45.7 Å². The van der Waals surface area contributed by atoms with Crippen LogP contribution in [-0.2, 0) is 6.42 Å². The van der Waals surface area contributed by atoms with Gasteiger partial charge in [-0.25, -0.2) is 4.39 Å². The van der Waals surface area contributed by atoms with Crippen molar-refractivity contribution in [2.75, 3.05) is 7.11 Å². The zero-order valence-corrected chi connectivity index (χ0v) is 12.7. The van der Waals surface area contributed by atoms with Crippen LogP contribution >= 0.6 is 27.5 Å². The number of hydrogen-bond donors (Lipinski definition) is 0. The van der Waals surface area contributed by atoms with E-state index in [4.69, 9.17) is 16.3 Å². The molecule has 0 radical (unpaired) electrons. The molecule has 19 heavy (non-hydrogen) atoms. The maximum Gasteiger partial charge on any atom is 0.126 e. The van der Waals surface area contributed by atoms with Gasteiger partial charge < -0.3 is 4.74 Å². The largest absolute Gasteiger partial charge is 0.496 e. The van der Waals surface area contributed by atoms with Crippen molar-refractivity contribution >= 4 is 27.5 Å². The van der Waals surface area contributed by atoms with Crippen molar-refractivity contribution in [3.63, 3.8) is 0 Å². The Morgan fingerprint density at radius 1 is 1.26 bits per heavy atom. The Hall–Kier alpha value is -1.06. The molecule has 0 saturated heterocycles. The monoisotopic (exact) mass is 342 g/mol. The molecule has 0 spiro atoms. The fraction of sp³-hybridized carbons (Fsp3) is 0.200. The molecule has 0 aliphatic heterocycles. The van der Waals surface area contributed by atoms with Crippen molar-refractivity contribution in [3.05, 3.63) is 64.4 Å². The highest BCUT2D eigenvalue weighted by molar-refractivity contribution is 9.09. The predicted octanol–water partition coefficient (Wildman–Crippen LogP) is 5.17. The minimum atomic E-state index is -0.201. The highest BCUT2D eigenvalue weighted by Gasteiger charge is 2.16. The van der Waals surface area contributed by atoms with Crippen LogP contribution in [0.5, 0.6) is 5.75 Å². The average molecular weight is 344 g/mol. The van der Waals surface area contributed by atoms with Gasteiger partial charge in [0.05, 0.1) is 7.11 Å². The first-order valence-corrected chi connectivity index (χ1v) is 7.12. The highest BCUT2D eigenvalue weighted by Crippen LogP contribution is 2.35. The molecule has 2 aromatic carbocycles. The maximum atomic E-state index is 13.6. The molecule has 0 aliphatic carbocycles. The van der Waals surface area contributed by atoms with Crippen LogP contribution in [0.25, 0.3) is 0 Å². The summed E-state index contributed by atoms with van der Waals surface area (Å²) in [5.41, 5.74) is 1.57. The lowest BCUT2D eigenvalue weighted by Crippen LogP contribution is -2.00. The van der Waals surface area contributed by atoms with Gasteiger partial charge in [0.15, 0.2) is 0 Å². The molecular weight excluding hydrogens is 331 g/mol. The number of hydrogen-bond acceptors (Lipinski definition) is 1. The molecule has 0 bridgehead atoms. The molecule has 2 rings (SSSR count). The van der Waals surface area contributed by atoms with Gasteiger partial charge in [-0.3, -0.25) is 0 Å². The van der Waals surface area contributed by atoms with Crippen LogP contribution in [0, 0.1) is 5.82 Å². The molecule has 0 amide bonds. The SMILES string of the molecule is COc1ccc(Cl)cc1C(Br)Cc1ccccc1F.